The number of amides is 1. The van der Waals surface area contributed by atoms with Gasteiger partial charge >= 0.3 is 0 Å². The number of piperidine rings is 2. The fourth-order valence-electron chi connectivity index (χ4n) is 6.49. The molecule has 4 aliphatic rings. The molecule has 34 heavy (non-hydrogen) atoms. The number of β-amino-alcohol motifs (C(OH)–C–C–N with tert-alkyl or cyclic N) is 1. The molecule has 188 valence electrons. The van der Waals surface area contributed by atoms with Crippen molar-refractivity contribution in [3.63, 3.8) is 0 Å². The molecule has 0 unspecified atom stereocenters. The standard InChI is InChI=1S/C27H42N4O3/c32-25-4-3-13-30(20-25)26(33)22-5-7-24(8-6-22)29-14-9-23(10-15-29)28-21-27(11-1-2-12-27)31-16-18-34-19-17-31/h5-8,23,25,28,32H,1-4,9-21H2/t25-/m0/s1. The number of hydrogen-bond donors (Lipinski definition) is 2. The number of likely N-dealkylation sites (tertiary alicyclic amines) is 1. The predicted molar refractivity (Wildman–Crippen MR) is 134 cm³/mol. The van der Waals surface area contributed by atoms with E-state index in [9.17, 15) is 9.90 Å². The normalized spacial score (nSPS) is 26.7. The molecule has 1 aliphatic carbocycles. The second-order valence-electron chi connectivity index (χ2n) is 10.8. The Bertz CT molecular complexity index is 797. The lowest BCUT2D eigenvalue weighted by atomic mass is 9.93. The molecule has 0 aromatic heterocycles. The first kappa shape index (κ1) is 24.0. The minimum absolute atomic E-state index is 0.0364. The monoisotopic (exact) mass is 470 g/mol. The van der Waals surface area contributed by atoms with Gasteiger partial charge in [0, 0.05) is 68.6 Å². The molecule has 1 aromatic rings. The topological polar surface area (TPSA) is 68.3 Å². The summed E-state index contributed by atoms with van der Waals surface area (Å²) in [7, 11) is 0. The highest BCUT2D eigenvalue weighted by Gasteiger charge is 2.40. The second-order valence-corrected chi connectivity index (χ2v) is 10.8. The number of aliphatic hydroxyl groups is 1. The van der Waals surface area contributed by atoms with E-state index in [1.54, 1.807) is 4.90 Å². The van der Waals surface area contributed by atoms with Crippen LogP contribution in [-0.4, -0.2) is 97.5 Å². The number of anilines is 1. The van der Waals surface area contributed by atoms with Crippen LogP contribution in [0.1, 0.15) is 61.7 Å². The summed E-state index contributed by atoms with van der Waals surface area (Å²) < 4.78 is 5.61. The van der Waals surface area contributed by atoms with Crippen LogP contribution in [0.15, 0.2) is 24.3 Å². The van der Waals surface area contributed by atoms with Crippen LogP contribution in [-0.2, 0) is 4.74 Å². The van der Waals surface area contributed by atoms with Gasteiger partial charge in [-0.15, -0.1) is 0 Å². The molecular formula is C27H42N4O3. The van der Waals surface area contributed by atoms with Gasteiger partial charge in [0.05, 0.1) is 19.3 Å². The molecule has 3 heterocycles. The van der Waals surface area contributed by atoms with Crippen molar-refractivity contribution in [1.29, 1.82) is 0 Å². The average Bonchev–Trinajstić information content (AvgIpc) is 3.38. The summed E-state index contributed by atoms with van der Waals surface area (Å²) in [6.45, 7) is 8.32. The van der Waals surface area contributed by atoms with Gasteiger partial charge in [0.15, 0.2) is 0 Å². The van der Waals surface area contributed by atoms with E-state index in [-0.39, 0.29) is 12.0 Å². The Balaban J connectivity index is 1.11. The van der Waals surface area contributed by atoms with Gasteiger partial charge in [-0.25, -0.2) is 0 Å². The van der Waals surface area contributed by atoms with Gasteiger partial charge in [0.2, 0.25) is 0 Å². The third-order valence-electron chi connectivity index (χ3n) is 8.59. The number of rotatable bonds is 6. The first-order chi connectivity index (χ1) is 16.6. The van der Waals surface area contributed by atoms with Crippen molar-refractivity contribution in [2.45, 2.75) is 69.1 Å². The van der Waals surface area contributed by atoms with Crippen LogP contribution in [0, 0.1) is 0 Å². The number of carbonyl (C=O) groups excluding carboxylic acids is 1. The van der Waals surface area contributed by atoms with E-state index in [1.807, 2.05) is 12.1 Å². The molecule has 3 aliphatic heterocycles. The highest BCUT2D eigenvalue weighted by Crippen LogP contribution is 2.35. The minimum atomic E-state index is -0.385. The van der Waals surface area contributed by atoms with Gasteiger partial charge in [0.1, 0.15) is 0 Å². The Hall–Kier alpha value is -1.67. The highest BCUT2D eigenvalue weighted by atomic mass is 16.5. The van der Waals surface area contributed by atoms with Crippen molar-refractivity contribution >= 4 is 11.6 Å². The first-order valence-corrected chi connectivity index (χ1v) is 13.5. The molecule has 1 amide bonds. The Kier molecular flexibility index (Phi) is 7.74. The number of benzene rings is 1. The van der Waals surface area contributed by atoms with Crippen LogP contribution in [0.5, 0.6) is 0 Å². The molecule has 4 fully saturated rings. The highest BCUT2D eigenvalue weighted by molar-refractivity contribution is 5.94. The molecule has 3 saturated heterocycles. The van der Waals surface area contributed by atoms with Crippen LogP contribution >= 0.6 is 0 Å². The predicted octanol–water partition coefficient (Wildman–Crippen LogP) is 2.49. The van der Waals surface area contributed by atoms with Gasteiger partial charge in [-0.05, 0) is 62.8 Å². The number of carbonyl (C=O) groups is 1. The summed E-state index contributed by atoms with van der Waals surface area (Å²) in [4.78, 5) is 19.7. The summed E-state index contributed by atoms with van der Waals surface area (Å²) in [5.74, 6) is 0.0364. The summed E-state index contributed by atoms with van der Waals surface area (Å²) in [5, 5.41) is 13.8. The number of nitrogens with one attached hydrogen (secondary N) is 1. The first-order valence-electron chi connectivity index (χ1n) is 13.5. The van der Waals surface area contributed by atoms with Gasteiger partial charge in [0.25, 0.3) is 5.91 Å². The van der Waals surface area contributed by atoms with Crippen LogP contribution in [0.25, 0.3) is 0 Å². The molecule has 0 spiro atoms. The number of morpholine rings is 1. The summed E-state index contributed by atoms with van der Waals surface area (Å²) >= 11 is 0. The fourth-order valence-corrected chi connectivity index (χ4v) is 6.49. The van der Waals surface area contributed by atoms with Crippen LogP contribution in [0.2, 0.25) is 0 Å². The van der Waals surface area contributed by atoms with E-state index >= 15 is 0 Å². The third-order valence-corrected chi connectivity index (χ3v) is 8.59. The fraction of sp³-hybridized carbons (Fsp3) is 0.741. The zero-order valence-corrected chi connectivity index (χ0v) is 20.6. The number of hydrogen-bond acceptors (Lipinski definition) is 6. The third kappa shape index (κ3) is 5.43. The summed E-state index contributed by atoms with van der Waals surface area (Å²) in [5.41, 5.74) is 2.27. The Labute approximate surface area is 204 Å². The summed E-state index contributed by atoms with van der Waals surface area (Å²) in [6.07, 6.45) is 8.95. The molecular weight excluding hydrogens is 428 g/mol. The molecule has 1 saturated carbocycles. The molecule has 0 radical (unpaired) electrons. The molecule has 5 rings (SSSR count). The molecule has 1 aromatic carbocycles. The van der Waals surface area contributed by atoms with Crippen LogP contribution < -0.4 is 10.2 Å². The zero-order chi connectivity index (χ0) is 23.4. The second kappa shape index (κ2) is 10.9. The van der Waals surface area contributed by atoms with Crippen molar-refractivity contribution in [3.8, 4) is 0 Å². The lowest BCUT2D eigenvalue weighted by Crippen LogP contribution is -2.58. The van der Waals surface area contributed by atoms with E-state index in [1.165, 1.54) is 31.4 Å². The van der Waals surface area contributed by atoms with E-state index < -0.39 is 0 Å². The smallest absolute Gasteiger partial charge is 0.253 e. The van der Waals surface area contributed by atoms with Gasteiger partial charge in [-0.1, -0.05) is 12.8 Å². The quantitative estimate of drug-likeness (QED) is 0.666. The lowest BCUT2D eigenvalue weighted by molar-refractivity contribution is -0.0214. The molecule has 1 atom stereocenters. The largest absolute Gasteiger partial charge is 0.391 e. The van der Waals surface area contributed by atoms with Crippen molar-refractivity contribution in [2.24, 2.45) is 0 Å². The van der Waals surface area contributed by atoms with E-state index in [4.69, 9.17) is 4.74 Å². The zero-order valence-electron chi connectivity index (χ0n) is 20.6. The van der Waals surface area contributed by atoms with E-state index in [2.05, 4.69) is 27.2 Å². The Morgan fingerprint density at radius 3 is 2.35 bits per heavy atom. The van der Waals surface area contributed by atoms with Gasteiger partial charge in [-0.3, -0.25) is 9.69 Å². The number of ether oxygens (including phenoxy) is 1. The summed E-state index contributed by atoms with van der Waals surface area (Å²) in [6, 6.07) is 8.67. The van der Waals surface area contributed by atoms with E-state index in [0.29, 0.717) is 18.1 Å². The van der Waals surface area contributed by atoms with Crippen molar-refractivity contribution in [1.82, 2.24) is 15.1 Å². The Morgan fingerprint density at radius 2 is 1.68 bits per heavy atom. The minimum Gasteiger partial charge on any atom is -0.391 e. The van der Waals surface area contributed by atoms with Crippen molar-refractivity contribution in [2.75, 3.05) is 63.9 Å². The average molecular weight is 471 g/mol. The Morgan fingerprint density at radius 1 is 0.971 bits per heavy atom. The number of nitrogens with zero attached hydrogens (tertiary/aromatic N) is 3. The maximum Gasteiger partial charge on any atom is 0.253 e. The van der Waals surface area contributed by atoms with Crippen molar-refractivity contribution in [3.05, 3.63) is 29.8 Å². The SMILES string of the molecule is O=C(c1ccc(N2CCC(NCC3(N4CCOCC4)CCCC3)CC2)cc1)N1CCC[C@H](O)C1. The molecule has 7 nitrogen and oxygen atoms in total. The van der Waals surface area contributed by atoms with Gasteiger partial charge in [-0.2, -0.15) is 0 Å². The maximum absolute atomic E-state index is 12.8. The van der Waals surface area contributed by atoms with Crippen LogP contribution in [0.4, 0.5) is 5.69 Å². The van der Waals surface area contributed by atoms with Crippen molar-refractivity contribution < 1.29 is 14.6 Å². The van der Waals surface area contributed by atoms with E-state index in [0.717, 1.165) is 83.7 Å². The van der Waals surface area contributed by atoms with Gasteiger partial charge < -0.3 is 25.0 Å². The maximum atomic E-state index is 12.8. The number of aliphatic hydroxyl groups excluding tert-OH is 1. The van der Waals surface area contributed by atoms with Crippen LogP contribution in [0.3, 0.4) is 0 Å². The lowest BCUT2D eigenvalue weighted by Gasteiger charge is -2.45. The molecule has 2 N–H and O–H groups in total. The molecule has 0 bridgehead atoms. The molecule has 7 heteroatoms.